The van der Waals surface area contributed by atoms with Crippen LogP contribution in [0.3, 0.4) is 0 Å². The molecule has 0 radical (unpaired) electrons. The Morgan fingerprint density at radius 1 is 1.35 bits per heavy atom. The molecule has 0 saturated carbocycles. The molecule has 1 aromatic heterocycles. The second kappa shape index (κ2) is 5.42. The molecule has 88 valence electrons. The summed E-state index contributed by atoms with van der Waals surface area (Å²) >= 11 is 1.51. The number of nitrogens with zero attached hydrogens (tertiary/aromatic N) is 1. The zero-order valence-electron chi connectivity index (χ0n) is 9.01. The lowest BCUT2D eigenvalue weighted by atomic mass is 10.2. The lowest BCUT2D eigenvalue weighted by molar-refractivity contribution is 0.0950. The maximum Gasteiger partial charge on any atom is 0.251 e. The van der Waals surface area contributed by atoms with Crippen LogP contribution in [-0.4, -0.2) is 10.9 Å². The number of carbonyl (C=O) groups is 1. The molecule has 0 fully saturated rings. The van der Waals surface area contributed by atoms with Gasteiger partial charge in [-0.3, -0.25) is 10.6 Å². The highest BCUT2D eigenvalue weighted by atomic mass is 32.1. The summed E-state index contributed by atoms with van der Waals surface area (Å²) in [6, 6.07) is 6.92. The van der Waals surface area contributed by atoms with E-state index in [9.17, 15) is 4.79 Å². The van der Waals surface area contributed by atoms with Crippen molar-refractivity contribution in [1.82, 2.24) is 10.3 Å². The van der Waals surface area contributed by atoms with Crippen molar-refractivity contribution >= 4 is 22.9 Å². The Balaban J connectivity index is 1.95. The van der Waals surface area contributed by atoms with Crippen molar-refractivity contribution in [3.8, 4) is 0 Å². The Labute approximate surface area is 103 Å². The first-order valence-electron chi connectivity index (χ1n) is 5.01. The van der Waals surface area contributed by atoms with Gasteiger partial charge in [0.25, 0.3) is 5.91 Å². The minimum absolute atomic E-state index is 0.124. The summed E-state index contributed by atoms with van der Waals surface area (Å²) in [5, 5.41) is 4.70. The smallest absolute Gasteiger partial charge is 0.251 e. The number of amides is 1. The van der Waals surface area contributed by atoms with Crippen LogP contribution in [0.2, 0.25) is 0 Å². The molecule has 1 amide bonds. The number of anilines is 1. The van der Waals surface area contributed by atoms with E-state index in [0.29, 0.717) is 12.1 Å². The number of nitrogen functional groups attached to an aromatic ring is 1. The van der Waals surface area contributed by atoms with Gasteiger partial charge in [0.1, 0.15) is 0 Å². The standard InChI is InChI=1S/C11H12N4OS/c12-15-9-3-1-8(2-4-9)11(16)13-5-10-6-17-7-14-10/h1-4,6-7,15H,5,12H2,(H,13,16). The fraction of sp³-hybridized carbons (Fsp3) is 0.0909. The molecule has 0 unspecified atom stereocenters. The molecule has 0 aliphatic carbocycles. The number of thiazole rings is 1. The van der Waals surface area contributed by atoms with Crippen molar-refractivity contribution in [1.29, 1.82) is 0 Å². The second-order valence-electron chi connectivity index (χ2n) is 3.38. The fourth-order valence-corrected chi connectivity index (χ4v) is 1.87. The summed E-state index contributed by atoms with van der Waals surface area (Å²) in [6.07, 6.45) is 0. The summed E-state index contributed by atoms with van der Waals surface area (Å²) in [6.45, 7) is 0.444. The number of nitrogens with two attached hydrogens (primary N) is 1. The normalized spacial score (nSPS) is 9.94. The van der Waals surface area contributed by atoms with Crippen LogP contribution in [0.5, 0.6) is 0 Å². The minimum Gasteiger partial charge on any atom is -0.346 e. The van der Waals surface area contributed by atoms with Crippen molar-refractivity contribution in [2.24, 2.45) is 5.84 Å². The molecule has 4 N–H and O–H groups in total. The van der Waals surface area contributed by atoms with Crippen molar-refractivity contribution in [2.45, 2.75) is 6.54 Å². The van der Waals surface area contributed by atoms with Gasteiger partial charge < -0.3 is 10.7 Å². The third-order valence-corrected chi connectivity index (χ3v) is 2.86. The quantitative estimate of drug-likeness (QED) is 0.564. The zero-order chi connectivity index (χ0) is 12.1. The van der Waals surface area contributed by atoms with Gasteiger partial charge in [-0.1, -0.05) is 0 Å². The molecule has 1 heterocycles. The first-order chi connectivity index (χ1) is 8.29. The lowest BCUT2D eigenvalue weighted by Crippen LogP contribution is -2.22. The van der Waals surface area contributed by atoms with Gasteiger partial charge >= 0.3 is 0 Å². The van der Waals surface area contributed by atoms with Gasteiger partial charge in [0.2, 0.25) is 0 Å². The zero-order valence-corrected chi connectivity index (χ0v) is 9.83. The number of carbonyl (C=O) groups excluding carboxylic acids is 1. The Morgan fingerprint density at radius 3 is 2.71 bits per heavy atom. The molecule has 0 saturated heterocycles. The summed E-state index contributed by atoms with van der Waals surface area (Å²) < 4.78 is 0. The van der Waals surface area contributed by atoms with Gasteiger partial charge in [-0.2, -0.15) is 0 Å². The third-order valence-electron chi connectivity index (χ3n) is 2.23. The third kappa shape index (κ3) is 3.02. The number of nitrogens with one attached hydrogen (secondary N) is 2. The van der Waals surface area contributed by atoms with Gasteiger partial charge in [0.15, 0.2) is 0 Å². The van der Waals surface area contributed by atoms with E-state index in [1.54, 1.807) is 29.8 Å². The largest absolute Gasteiger partial charge is 0.346 e. The Morgan fingerprint density at radius 2 is 2.12 bits per heavy atom. The first kappa shape index (κ1) is 11.6. The Hall–Kier alpha value is -1.92. The summed E-state index contributed by atoms with van der Waals surface area (Å²) in [5.74, 6) is 5.12. The van der Waals surface area contributed by atoms with Gasteiger partial charge in [-0.15, -0.1) is 11.3 Å². The average molecular weight is 248 g/mol. The predicted molar refractivity (Wildman–Crippen MR) is 67.5 cm³/mol. The van der Waals surface area contributed by atoms with Crippen LogP contribution in [0, 0.1) is 0 Å². The monoisotopic (exact) mass is 248 g/mol. The van der Waals surface area contributed by atoms with E-state index in [2.05, 4.69) is 15.7 Å². The highest BCUT2D eigenvalue weighted by Crippen LogP contribution is 2.08. The molecule has 0 aliphatic rings. The van der Waals surface area contributed by atoms with E-state index in [-0.39, 0.29) is 5.91 Å². The van der Waals surface area contributed by atoms with Crippen LogP contribution >= 0.6 is 11.3 Å². The van der Waals surface area contributed by atoms with E-state index in [1.807, 2.05) is 5.38 Å². The van der Waals surface area contributed by atoms with Crippen LogP contribution in [-0.2, 0) is 6.54 Å². The van der Waals surface area contributed by atoms with E-state index in [4.69, 9.17) is 5.84 Å². The molecular formula is C11H12N4OS. The minimum atomic E-state index is -0.124. The number of rotatable bonds is 4. The van der Waals surface area contributed by atoms with Crippen molar-refractivity contribution in [3.63, 3.8) is 0 Å². The lowest BCUT2D eigenvalue weighted by Gasteiger charge is -2.04. The molecule has 17 heavy (non-hydrogen) atoms. The molecule has 0 spiro atoms. The van der Waals surface area contributed by atoms with Crippen molar-refractivity contribution < 1.29 is 4.79 Å². The first-order valence-corrected chi connectivity index (χ1v) is 5.96. The highest BCUT2D eigenvalue weighted by molar-refractivity contribution is 7.07. The van der Waals surface area contributed by atoms with E-state index in [0.717, 1.165) is 11.4 Å². The van der Waals surface area contributed by atoms with Gasteiger partial charge in [0, 0.05) is 16.6 Å². The van der Waals surface area contributed by atoms with E-state index in [1.165, 1.54) is 11.3 Å². The molecule has 0 atom stereocenters. The SMILES string of the molecule is NNc1ccc(C(=O)NCc2cscn2)cc1. The fourth-order valence-electron chi connectivity index (χ4n) is 1.32. The Bertz CT molecular complexity index is 481. The number of hydrogen-bond donors (Lipinski definition) is 3. The summed E-state index contributed by atoms with van der Waals surface area (Å²) in [4.78, 5) is 15.8. The number of aromatic nitrogens is 1. The van der Waals surface area contributed by atoms with E-state index >= 15 is 0 Å². The molecule has 2 rings (SSSR count). The summed E-state index contributed by atoms with van der Waals surface area (Å²) in [5.41, 5.74) is 6.47. The maximum absolute atomic E-state index is 11.8. The van der Waals surface area contributed by atoms with Gasteiger partial charge in [0.05, 0.1) is 17.7 Å². The number of benzene rings is 1. The van der Waals surface area contributed by atoms with Crippen LogP contribution < -0.4 is 16.6 Å². The molecule has 0 bridgehead atoms. The number of hydrogen-bond acceptors (Lipinski definition) is 5. The van der Waals surface area contributed by atoms with E-state index < -0.39 is 0 Å². The van der Waals surface area contributed by atoms with Crippen molar-refractivity contribution in [3.05, 3.63) is 46.4 Å². The molecule has 6 heteroatoms. The topological polar surface area (TPSA) is 80.0 Å². The number of hydrazine groups is 1. The van der Waals surface area contributed by atoms with Gasteiger partial charge in [-0.25, -0.2) is 4.98 Å². The van der Waals surface area contributed by atoms with Crippen LogP contribution in [0.4, 0.5) is 5.69 Å². The second-order valence-corrected chi connectivity index (χ2v) is 4.10. The predicted octanol–water partition coefficient (Wildman–Crippen LogP) is 1.36. The maximum atomic E-state index is 11.8. The molecule has 5 nitrogen and oxygen atoms in total. The molecular weight excluding hydrogens is 236 g/mol. The van der Waals surface area contributed by atoms with Crippen LogP contribution in [0.15, 0.2) is 35.2 Å². The average Bonchev–Trinajstić information content (AvgIpc) is 2.89. The molecule has 2 aromatic rings. The Kier molecular flexibility index (Phi) is 3.69. The highest BCUT2D eigenvalue weighted by Gasteiger charge is 2.05. The van der Waals surface area contributed by atoms with Gasteiger partial charge in [-0.05, 0) is 24.3 Å². The molecule has 0 aliphatic heterocycles. The summed E-state index contributed by atoms with van der Waals surface area (Å²) in [7, 11) is 0. The van der Waals surface area contributed by atoms with Crippen molar-refractivity contribution in [2.75, 3.05) is 5.43 Å². The molecule has 1 aromatic carbocycles. The van der Waals surface area contributed by atoms with Crippen LogP contribution in [0.25, 0.3) is 0 Å². The van der Waals surface area contributed by atoms with Crippen LogP contribution in [0.1, 0.15) is 16.1 Å².